The lowest BCUT2D eigenvalue weighted by Gasteiger charge is -2.00. The van der Waals surface area contributed by atoms with Gasteiger partial charge in [-0.1, -0.05) is 12.1 Å². The maximum Gasteiger partial charge on any atom is 0.293 e. The van der Waals surface area contributed by atoms with Gasteiger partial charge in [0.05, 0.1) is 24.1 Å². The molecule has 1 aromatic carbocycles. The summed E-state index contributed by atoms with van der Waals surface area (Å²) in [5.74, 6) is -0.743. The fourth-order valence-electron chi connectivity index (χ4n) is 2.77. The first-order valence-electron chi connectivity index (χ1n) is 9.26. The van der Waals surface area contributed by atoms with E-state index in [4.69, 9.17) is 4.42 Å². The second-order valence-electron chi connectivity index (χ2n) is 6.63. The molecule has 0 unspecified atom stereocenters. The summed E-state index contributed by atoms with van der Waals surface area (Å²) in [7, 11) is 0. The van der Waals surface area contributed by atoms with Crippen LogP contribution in [0.2, 0.25) is 0 Å². The van der Waals surface area contributed by atoms with Gasteiger partial charge in [-0.15, -0.1) is 22.7 Å². The van der Waals surface area contributed by atoms with Crippen LogP contribution in [-0.4, -0.2) is 21.8 Å². The molecule has 7 nitrogen and oxygen atoms in total. The zero-order valence-corrected chi connectivity index (χ0v) is 18.0. The van der Waals surface area contributed by atoms with Crippen molar-refractivity contribution in [2.45, 2.75) is 19.8 Å². The molecule has 158 valence electrons. The second-order valence-corrected chi connectivity index (χ2v) is 8.57. The Hall–Kier alpha value is -3.37. The molecule has 0 fully saturated rings. The molecule has 0 aliphatic heterocycles. The fourth-order valence-corrected chi connectivity index (χ4v) is 4.49. The number of aromatic nitrogens is 2. The molecule has 0 radical (unpaired) electrons. The van der Waals surface area contributed by atoms with Crippen molar-refractivity contribution in [1.82, 2.24) is 9.97 Å². The number of hydrogen-bond donors (Lipinski definition) is 2. The Balaban J connectivity index is 1.33. The molecule has 3 heterocycles. The molecule has 2 amide bonds. The maximum absolute atomic E-state index is 13.1. The van der Waals surface area contributed by atoms with E-state index >= 15 is 0 Å². The number of carbonyl (C=O) groups is 2. The molecule has 0 aliphatic carbocycles. The monoisotopic (exact) mass is 456 g/mol. The zero-order valence-electron chi connectivity index (χ0n) is 16.3. The molecular formula is C21H17FN4O3S2. The van der Waals surface area contributed by atoms with E-state index in [1.807, 2.05) is 6.92 Å². The van der Waals surface area contributed by atoms with Crippen molar-refractivity contribution in [2.75, 3.05) is 10.6 Å². The third-order valence-electron chi connectivity index (χ3n) is 4.28. The van der Waals surface area contributed by atoms with Crippen LogP contribution < -0.4 is 10.6 Å². The average molecular weight is 457 g/mol. The summed E-state index contributed by atoms with van der Waals surface area (Å²) < 4.78 is 18.1. The molecule has 0 bridgehead atoms. The molecule has 3 aromatic heterocycles. The lowest BCUT2D eigenvalue weighted by atomic mass is 10.1. The van der Waals surface area contributed by atoms with Gasteiger partial charge in [0.15, 0.2) is 16.0 Å². The summed E-state index contributed by atoms with van der Waals surface area (Å²) in [6.07, 6.45) is 2.08. The fraction of sp³-hybridized carbons (Fsp3) is 0.143. The molecule has 0 spiro atoms. The first-order valence-corrected chi connectivity index (χ1v) is 11.0. The van der Waals surface area contributed by atoms with E-state index in [1.165, 1.54) is 41.1 Å². The third kappa shape index (κ3) is 5.41. The summed E-state index contributed by atoms with van der Waals surface area (Å²) in [6.45, 7) is 1.87. The first-order chi connectivity index (χ1) is 15.0. The van der Waals surface area contributed by atoms with Crippen LogP contribution in [0, 0.1) is 12.7 Å². The molecule has 0 atom stereocenters. The summed E-state index contributed by atoms with van der Waals surface area (Å²) in [5.41, 5.74) is 2.33. The summed E-state index contributed by atoms with van der Waals surface area (Å²) >= 11 is 2.62. The quantitative estimate of drug-likeness (QED) is 0.421. The minimum Gasteiger partial charge on any atom is -0.459 e. The van der Waals surface area contributed by atoms with Crippen molar-refractivity contribution in [3.8, 4) is 0 Å². The van der Waals surface area contributed by atoms with Gasteiger partial charge in [-0.05, 0) is 36.8 Å². The van der Waals surface area contributed by atoms with Crippen molar-refractivity contribution in [3.05, 3.63) is 81.4 Å². The molecular weight excluding hydrogens is 439 g/mol. The highest BCUT2D eigenvalue weighted by Gasteiger charge is 2.15. The molecule has 0 aliphatic rings. The van der Waals surface area contributed by atoms with E-state index in [9.17, 15) is 14.0 Å². The van der Waals surface area contributed by atoms with E-state index in [0.29, 0.717) is 22.4 Å². The van der Waals surface area contributed by atoms with Gasteiger partial charge in [0.25, 0.3) is 5.91 Å². The van der Waals surface area contributed by atoms with Crippen LogP contribution in [0.15, 0.2) is 52.5 Å². The molecule has 2 N–H and O–H groups in total. The Morgan fingerprint density at radius 2 is 1.90 bits per heavy atom. The molecule has 0 saturated carbocycles. The average Bonchev–Trinajstić information content (AvgIpc) is 3.47. The summed E-state index contributed by atoms with van der Waals surface area (Å²) in [6, 6.07) is 9.49. The largest absolute Gasteiger partial charge is 0.459 e. The Morgan fingerprint density at radius 3 is 2.65 bits per heavy atom. The number of furan rings is 1. The van der Waals surface area contributed by atoms with Crippen molar-refractivity contribution in [2.24, 2.45) is 0 Å². The van der Waals surface area contributed by atoms with E-state index in [2.05, 4.69) is 20.6 Å². The van der Waals surface area contributed by atoms with Crippen LogP contribution in [0.5, 0.6) is 0 Å². The number of anilines is 2. The van der Waals surface area contributed by atoms with Crippen LogP contribution in [0.3, 0.4) is 0 Å². The highest BCUT2D eigenvalue weighted by Crippen LogP contribution is 2.26. The van der Waals surface area contributed by atoms with Gasteiger partial charge in [-0.2, -0.15) is 0 Å². The Kier molecular flexibility index (Phi) is 6.19. The van der Waals surface area contributed by atoms with E-state index < -0.39 is 5.91 Å². The molecule has 4 rings (SSSR count). The number of carbonyl (C=O) groups excluding carboxylic acids is 2. The molecule has 4 aromatic rings. The van der Waals surface area contributed by atoms with E-state index in [0.717, 1.165) is 16.1 Å². The number of amides is 2. The number of rotatable bonds is 7. The van der Waals surface area contributed by atoms with E-state index in [-0.39, 0.29) is 23.9 Å². The Bertz CT molecular complexity index is 1200. The topological polar surface area (TPSA) is 97.1 Å². The predicted molar refractivity (Wildman–Crippen MR) is 117 cm³/mol. The van der Waals surface area contributed by atoms with Gasteiger partial charge < -0.3 is 9.73 Å². The third-order valence-corrected chi connectivity index (χ3v) is 6.16. The van der Waals surface area contributed by atoms with Crippen LogP contribution in [0.25, 0.3) is 0 Å². The lowest BCUT2D eigenvalue weighted by Crippen LogP contribution is -2.15. The van der Waals surface area contributed by atoms with Crippen LogP contribution in [0.1, 0.15) is 32.4 Å². The van der Waals surface area contributed by atoms with Gasteiger partial charge in [0, 0.05) is 16.7 Å². The van der Waals surface area contributed by atoms with Crippen LogP contribution >= 0.6 is 22.7 Å². The SMILES string of the molecule is Cc1nc(NC(=O)Cc2csc(NC(=O)c3ccco3)n2)sc1Cc1ccc(F)cc1. The smallest absolute Gasteiger partial charge is 0.293 e. The highest BCUT2D eigenvalue weighted by atomic mass is 32.1. The number of halogens is 1. The van der Waals surface area contributed by atoms with Gasteiger partial charge in [-0.25, -0.2) is 14.4 Å². The standard InChI is InChI=1S/C21H17FN4O3S2/c1-12-17(9-13-4-6-14(22)7-5-13)31-21(23-12)25-18(27)10-15-11-30-20(24-15)26-19(28)16-3-2-8-29-16/h2-8,11H,9-10H2,1H3,(H,23,25,27)(H,24,26,28). The van der Waals surface area contributed by atoms with Crippen molar-refractivity contribution >= 4 is 44.8 Å². The lowest BCUT2D eigenvalue weighted by molar-refractivity contribution is -0.115. The minimum atomic E-state index is -0.401. The molecule has 31 heavy (non-hydrogen) atoms. The van der Waals surface area contributed by atoms with Crippen molar-refractivity contribution < 1.29 is 18.4 Å². The van der Waals surface area contributed by atoms with Crippen LogP contribution in [0.4, 0.5) is 14.7 Å². The zero-order chi connectivity index (χ0) is 21.8. The van der Waals surface area contributed by atoms with Gasteiger partial charge in [0.2, 0.25) is 5.91 Å². The second kappa shape index (κ2) is 9.19. The maximum atomic E-state index is 13.1. The first kappa shape index (κ1) is 20.9. The number of nitrogens with one attached hydrogen (secondary N) is 2. The predicted octanol–water partition coefficient (Wildman–Crippen LogP) is 4.66. The Labute approximate surface area is 185 Å². The minimum absolute atomic E-state index is 0.0546. The highest BCUT2D eigenvalue weighted by molar-refractivity contribution is 7.16. The van der Waals surface area contributed by atoms with Crippen molar-refractivity contribution in [3.63, 3.8) is 0 Å². The molecule has 10 heteroatoms. The van der Waals surface area contributed by atoms with Crippen molar-refractivity contribution in [1.29, 1.82) is 0 Å². The molecule has 0 saturated heterocycles. The number of hydrogen-bond acceptors (Lipinski definition) is 7. The van der Waals surface area contributed by atoms with Gasteiger partial charge in [-0.3, -0.25) is 14.9 Å². The number of nitrogens with zero attached hydrogens (tertiary/aromatic N) is 2. The number of thiazole rings is 2. The number of benzene rings is 1. The normalized spacial score (nSPS) is 10.8. The van der Waals surface area contributed by atoms with Gasteiger partial charge >= 0.3 is 0 Å². The van der Waals surface area contributed by atoms with Gasteiger partial charge in [0.1, 0.15) is 5.82 Å². The summed E-state index contributed by atoms with van der Waals surface area (Å²) in [5, 5.41) is 8.02. The number of aryl methyl sites for hydroxylation is 1. The van der Waals surface area contributed by atoms with Crippen LogP contribution in [-0.2, 0) is 17.6 Å². The summed E-state index contributed by atoms with van der Waals surface area (Å²) in [4.78, 5) is 34.0. The Morgan fingerprint density at radius 1 is 1.10 bits per heavy atom. The van der Waals surface area contributed by atoms with E-state index in [1.54, 1.807) is 29.6 Å².